The van der Waals surface area contributed by atoms with Gasteiger partial charge in [0.05, 0.1) is 17.3 Å². The van der Waals surface area contributed by atoms with E-state index >= 15 is 0 Å². The van der Waals surface area contributed by atoms with Crippen LogP contribution in [0.2, 0.25) is 5.02 Å². The van der Waals surface area contributed by atoms with Crippen molar-refractivity contribution in [3.63, 3.8) is 0 Å². The van der Waals surface area contributed by atoms with Gasteiger partial charge in [-0.3, -0.25) is 15.0 Å². The molecular weight excluding hydrogens is 329 g/mol. The van der Waals surface area contributed by atoms with E-state index in [-0.39, 0.29) is 23.0 Å². The van der Waals surface area contributed by atoms with Crippen LogP contribution in [0.3, 0.4) is 0 Å². The van der Waals surface area contributed by atoms with E-state index in [1.165, 1.54) is 12.1 Å². The molecule has 9 heteroatoms. The van der Waals surface area contributed by atoms with Crippen molar-refractivity contribution in [2.24, 2.45) is 11.0 Å². The fourth-order valence-electron chi connectivity index (χ4n) is 2.54. The summed E-state index contributed by atoms with van der Waals surface area (Å²) in [5.41, 5.74) is 2.35. The van der Waals surface area contributed by atoms with E-state index in [9.17, 15) is 18.8 Å². The van der Waals surface area contributed by atoms with Gasteiger partial charge in [0.1, 0.15) is 17.8 Å². The molecular formula is C14H11ClFN3O4. The van der Waals surface area contributed by atoms with Gasteiger partial charge in [0.15, 0.2) is 5.71 Å². The van der Waals surface area contributed by atoms with Crippen molar-refractivity contribution >= 4 is 40.8 Å². The molecule has 2 aliphatic heterocycles. The molecule has 2 heterocycles. The third kappa shape index (κ3) is 2.35. The molecule has 7 nitrogen and oxygen atoms in total. The smallest absolute Gasteiger partial charge is 0.355 e. The Bertz CT molecular complexity index is 752. The zero-order valence-corrected chi connectivity index (χ0v) is 12.6. The van der Waals surface area contributed by atoms with Crippen molar-refractivity contribution in [2.45, 2.75) is 13.0 Å². The monoisotopic (exact) mass is 339 g/mol. The van der Waals surface area contributed by atoms with Crippen molar-refractivity contribution in [1.29, 1.82) is 0 Å². The van der Waals surface area contributed by atoms with Gasteiger partial charge in [-0.25, -0.2) is 14.1 Å². The number of imide groups is 1. The van der Waals surface area contributed by atoms with Crippen molar-refractivity contribution in [3.05, 3.63) is 29.0 Å². The Kier molecular flexibility index (Phi) is 3.77. The zero-order chi connectivity index (χ0) is 16.7. The Morgan fingerprint density at radius 3 is 2.83 bits per heavy atom. The molecule has 1 aromatic rings. The van der Waals surface area contributed by atoms with E-state index in [1.54, 1.807) is 6.92 Å². The molecule has 1 saturated heterocycles. The molecule has 1 fully saturated rings. The van der Waals surface area contributed by atoms with Crippen LogP contribution in [-0.4, -0.2) is 36.1 Å². The predicted octanol–water partition coefficient (Wildman–Crippen LogP) is 0.859. The van der Waals surface area contributed by atoms with Crippen molar-refractivity contribution in [3.8, 4) is 0 Å². The second-order valence-corrected chi connectivity index (χ2v) is 5.32. The van der Waals surface area contributed by atoms with E-state index in [2.05, 4.69) is 10.5 Å². The summed E-state index contributed by atoms with van der Waals surface area (Å²) in [6.45, 7) is 1.73. The summed E-state index contributed by atoms with van der Waals surface area (Å²) in [5, 5.41) is 3.60. The van der Waals surface area contributed by atoms with Gasteiger partial charge >= 0.3 is 5.97 Å². The molecule has 1 N–H and O–H groups in total. The van der Waals surface area contributed by atoms with Gasteiger partial charge in [-0.2, -0.15) is 5.10 Å². The highest BCUT2D eigenvalue weighted by atomic mass is 35.5. The second-order valence-electron chi connectivity index (χ2n) is 4.91. The highest BCUT2D eigenvalue weighted by Gasteiger charge is 2.55. The molecule has 0 aromatic heterocycles. The lowest BCUT2D eigenvalue weighted by Crippen LogP contribution is -2.36. The normalized spacial score (nSPS) is 22.7. The first kappa shape index (κ1) is 15.4. The number of esters is 1. The number of hydrogen-bond donors (Lipinski definition) is 1. The average Bonchev–Trinajstić information content (AvgIpc) is 3.04. The Balaban J connectivity index is 1.93. The van der Waals surface area contributed by atoms with Gasteiger partial charge in [0.2, 0.25) is 5.91 Å². The second kappa shape index (κ2) is 5.62. The number of rotatable bonds is 3. The molecule has 0 radical (unpaired) electrons. The summed E-state index contributed by atoms with van der Waals surface area (Å²) in [7, 11) is 0. The highest BCUT2D eigenvalue weighted by Crippen LogP contribution is 2.32. The van der Waals surface area contributed by atoms with Gasteiger partial charge in [0, 0.05) is 0 Å². The third-order valence-corrected chi connectivity index (χ3v) is 3.88. The van der Waals surface area contributed by atoms with E-state index in [0.29, 0.717) is 0 Å². The van der Waals surface area contributed by atoms with Crippen LogP contribution in [0.25, 0.3) is 0 Å². The molecule has 0 spiro atoms. The molecule has 120 valence electrons. The molecule has 2 amide bonds. The summed E-state index contributed by atoms with van der Waals surface area (Å²) in [4.78, 5) is 37.6. The number of anilines is 1. The van der Waals surface area contributed by atoms with Crippen LogP contribution in [0.4, 0.5) is 10.1 Å². The molecule has 23 heavy (non-hydrogen) atoms. The topological polar surface area (TPSA) is 88.1 Å². The summed E-state index contributed by atoms with van der Waals surface area (Å²) in [6.07, 6.45) is 0. The number of amides is 2. The third-order valence-electron chi connectivity index (χ3n) is 3.57. The van der Waals surface area contributed by atoms with Gasteiger partial charge in [-0.05, 0) is 25.1 Å². The summed E-state index contributed by atoms with van der Waals surface area (Å²) in [6, 6.07) is 2.58. The van der Waals surface area contributed by atoms with Crippen molar-refractivity contribution in [2.75, 3.05) is 11.5 Å². The number of hydrogen-bond acceptors (Lipinski definition) is 6. The predicted molar refractivity (Wildman–Crippen MR) is 78.4 cm³/mol. The molecule has 0 unspecified atom stereocenters. The SMILES string of the molecule is CCOC(=O)C1=NN[C@H]2C(=O)N(c3ccc(Cl)c(F)c3)C(=O)[C@H]12. The van der Waals surface area contributed by atoms with Gasteiger partial charge in [-0.1, -0.05) is 11.6 Å². The molecule has 2 aliphatic rings. The number of nitrogens with one attached hydrogen (secondary N) is 1. The quantitative estimate of drug-likeness (QED) is 0.652. The average molecular weight is 340 g/mol. The fraction of sp³-hybridized carbons (Fsp3) is 0.286. The molecule has 2 atom stereocenters. The molecule has 0 bridgehead atoms. The minimum atomic E-state index is -1.08. The van der Waals surface area contributed by atoms with E-state index < -0.39 is 35.6 Å². The maximum Gasteiger partial charge on any atom is 0.355 e. The van der Waals surface area contributed by atoms with Crippen LogP contribution in [0.5, 0.6) is 0 Å². The number of hydrazone groups is 1. The van der Waals surface area contributed by atoms with Crippen molar-refractivity contribution in [1.82, 2.24) is 5.43 Å². The number of carbonyl (C=O) groups excluding carboxylic acids is 3. The summed E-state index contributed by atoms with van der Waals surface area (Å²) in [5.74, 6) is -3.89. The van der Waals surface area contributed by atoms with Crippen LogP contribution in [0.15, 0.2) is 23.3 Å². The molecule has 3 rings (SSSR count). The van der Waals surface area contributed by atoms with Crippen LogP contribution < -0.4 is 10.3 Å². The Morgan fingerprint density at radius 2 is 2.17 bits per heavy atom. The number of nitrogens with zero attached hydrogens (tertiary/aromatic N) is 2. The minimum Gasteiger partial charge on any atom is -0.461 e. The summed E-state index contributed by atoms with van der Waals surface area (Å²) < 4.78 is 18.4. The van der Waals surface area contributed by atoms with E-state index in [0.717, 1.165) is 11.0 Å². The number of fused-ring (bicyclic) bond motifs is 1. The van der Waals surface area contributed by atoms with Crippen LogP contribution in [0.1, 0.15) is 6.92 Å². The maximum atomic E-state index is 13.6. The maximum absolute atomic E-state index is 13.6. The van der Waals surface area contributed by atoms with Gasteiger partial charge in [0.25, 0.3) is 5.91 Å². The number of halogens is 2. The van der Waals surface area contributed by atoms with Crippen LogP contribution in [0, 0.1) is 11.7 Å². The van der Waals surface area contributed by atoms with Crippen LogP contribution in [-0.2, 0) is 19.1 Å². The van der Waals surface area contributed by atoms with E-state index in [1.807, 2.05) is 0 Å². The largest absolute Gasteiger partial charge is 0.461 e. The first-order chi connectivity index (χ1) is 11.0. The zero-order valence-electron chi connectivity index (χ0n) is 11.9. The van der Waals surface area contributed by atoms with Crippen LogP contribution >= 0.6 is 11.6 Å². The minimum absolute atomic E-state index is 0.0429. The Hall–Kier alpha value is -2.48. The highest BCUT2D eigenvalue weighted by molar-refractivity contribution is 6.46. The lowest BCUT2D eigenvalue weighted by Gasteiger charge is -2.16. The molecule has 0 saturated carbocycles. The molecule has 0 aliphatic carbocycles. The summed E-state index contributed by atoms with van der Waals surface area (Å²) >= 11 is 5.60. The molecule has 1 aromatic carbocycles. The van der Waals surface area contributed by atoms with E-state index in [4.69, 9.17) is 16.3 Å². The lowest BCUT2D eigenvalue weighted by molar-refractivity contribution is -0.136. The van der Waals surface area contributed by atoms with Gasteiger partial charge in [-0.15, -0.1) is 0 Å². The number of benzene rings is 1. The van der Waals surface area contributed by atoms with Gasteiger partial charge < -0.3 is 4.74 Å². The first-order valence-corrected chi connectivity index (χ1v) is 7.16. The lowest BCUT2D eigenvalue weighted by atomic mass is 9.99. The Morgan fingerprint density at radius 1 is 1.43 bits per heavy atom. The standard InChI is InChI=1S/C14H11ClFN3O4/c1-2-23-14(22)11-9-10(17-18-11)13(21)19(12(9)20)6-3-4-7(15)8(16)5-6/h3-5,9-10,17H,2H2,1H3/t9-,10+/m0/s1. The van der Waals surface area contributed by atoms with Crippen molar-refractivity contribution < 1.29 is 23.5 Å². The first-order valence-electron chi connectivity index (χ1n) is 6.78. The number of ether oxygens (including phenoxy) is 1. The Labute approximate surface area is 135 Å². The fourth-order valence-corrected chi connectivity index (χ4v) is 2.66. The number of carbonyl (C=O) groups is 3.